The van der Waals surface area contributed by atoms with Crippen LogP contribution in [0.25, 0.3) is 0 Å². The minimum Gasteiger partial charge on any atom is -0.313 e. The van der Waals surface area contributed by atoms with Gasteiger partial charge in [0.05, 0.1) is 0 Å². The highest BCUT2D eigenvalue weighted by Crippen LogP contribution is 2.14. The van der Waals surface area contributed by atoms with Crippen LogP contribution in [0.1, 0.15) is 31.1 Å². The quantitative estimate of drug-likeness (QED) is 0.679. The molecule has 0 atom stereocenters. The third kappa shape index (κ3) is 2.06. The fourth-order valence-corrected chi connectivity index (χ4v) is 1.08. The predicted octanol–water partition coefficient (Wildman–Crippen LogP) is 0.531. The highest BCUT2D eigenvalue weighted by molar-refractivity contribution is 5.83. The Kier molecular flexibility index (Phi) is 2.66. The number of H-pyrrole nitrogens is 1. The maximum Gasteiger partial charge on any atom is 0.335 e. The van der Waals surface area contributed by atoms with Crippen LogP contribution in [-0.4, -0.2) is 15.5 Å². The Morgan fingerprint density at radius 2 is 1.87 bits per heavy atom. The van der Waals surface area contributed by atoms with Crippen molar-refractivity contribution >= 4 is 5.91 Å². The number of hydrogen-bond donors (Lipinski definition) is 1. The maximum absolute atomic E-state index is 11.8. The molecule has 0 fully saturated rings. The summed E-state index contributed by atoms with van der Waals surface area (Å²) in [6.45, 7) is 6.52. The van der Waals surface area contributed by atoms with Crippen LogP contribution in [0.3, 0.4) is 0 Å². The number of aromatic nitrogens is 2. The summed E-state index contributed by atoms with van der Waals surface area (Å²) in [4.78, 5) is 37.1. The van der Waals surface area contributed by atoms with E-state index in [1.807, 2.05) is 0 Å². The van der Waals surface area contributed by atoms with E-state index >= 15 is 0 Å². The predicted molar refractivity (Wildman–Crippen MR) is 56.1 cm³/mol. The van der Waals surface area contributed by atoms with E-state index in [2.05, 4.69) is 4.98 Å². The van der Waals surface area contributed by atoms with E-state index in [1.165, 1.54) is 6.20 Å². The molecule has 0 spiro atoms. The average molecular weight is 210 g/mol. The monoisotopic (exact) mass is 210 g/mol. The first-order valence-electron chi connectivity index (χ1n) is 4.61. The van der Waals surface area contributed by atoms with Crippen molar-refractivity contribution in [2.45, 2.75) is 27.7 Å². The average Bonchev–Trinajstić information content (AvgIpc) is 2.10. The van der Waals surface area contributed by atoms with Gasteiger partial charge >= 0.3 is 5.69 Å². The molecule has 0 saturated carbocycles. The second kappa shape index (κ2) is 3.49. The highest BCUT2D eigenvalue weighted by Gasteiger charge is 2.26. The van der Waals surface area contributed by atoms with Gasteiger partial charge in [-0.1, -0.05) is 20.8 Å². The molecule has 1 rings (SSSR count). The Bertz CT molecular complexity index is 503. The summed E-state index contributed by atoms with van der Waals surface area (Å²) in [6, 6.07) is 0. The van der Waals surface area contributed by atoms with Crippen LogP contribution in [0.15, 0.2) is 15.8 Å². The van der Waals surface area contributed by atoms with Gasteiger partial charge in [0.1, 0.15) is 0 Å². The minimum atomic E-state index is -0.759. The largest absolute Gasteiger partial charge is 0.335 e. The summed E-state index contributed by atoms with van der Waals surface area (Å²) in [6.07, 6.45) is 1.30. The lowest BCUT2D eigenvalue weighted by Crippen LogP contribution is -2.45. The number of rotatable bonds is 0. The van der Waals surface area contributed by atoms with Gasteiger partial charge in [-0.25, -0.2) is 4.79 Å². The van der Waals surface area contributed by atoms with Gasteiger partial charge in [0.2, 0.25) is 5.91 Å². The highest BCUT2D eigenvalue weighted by atomic mass is 16.2. The first kappa shape index (κ1) is 11.4. The molecular formula is C10H14N2O3. The Hall–Kier alpha value is -1.65. The van der Waals surface area contributed by atoms with Crippen molar-refractivity contribution in [3.63, 3.8) is 0 Å². The molecule has 0 unspecified atom stereocenters. The van der Waals surface area contributed by atoms with Crippen molar-refractivity contribution in [3.05, 3.63) is 32.6 Å². The number of carbonyl (C=O) groups excluding carboxylic acids is 1. The molecule has 0 aliphatic carbocycles. The van der Waals surface area contributed by atoms with E-state index in [-0.39, 0.29) is 0 Å². The lowest BCUT2D eigenvalue weighted by molar-refractivity contribution is 0.0755. The second-order valence-electron chi connectivity index (χ2n) is 4.47. The summed E-state index contributed by atoms with van der Waals surface area (Å²) < 4.78 is 0.648. The van der Waals surface area contributed by atoms with Gasteiger partial charge in [-0.15, -0.1) is 0 Å². The van der Waals surface area contributed by atoms with Crippen LogP contribution in [0.5, 0.6) is 0 Å². The van der Waals surface area contributed by atoms with Gasteiger partial charge in [-0.3, -0.25) is 9.59 Å². The molecule has 1 heterocycles. The fourth-order valence-electron chi connectivity index (χ4n) is 1.08. The standard InChI is InChI=1S/C10H14N2O3/c1-6-5-11-9(15)12(7(6)13)8(14)10(2,3)4/h5H,1-4H3,(H,11,15). The molecule has 1 aromatic rings. The fraction of sp³-hybridized carbons (Fsp3) is 0.500. The van der Waals surface area contributed by atoms with Crippen molar-refractivity contribution < 1.29 is 4.79 Å². The van der Waals surface area contributed by atoms with Gasteiger partial charge < -0.3 is 4.98 Å². The third-order valence-electron chi connectivity index (χ3n) is 2.00. The van der Waals surface area contributed by atoms with Crippen LogP contribution < -0.4 is 11.2 Å². The molecule has 1 aromatic heterocycles. The van der Waals surface area contributed by atoms with Crippen LogP contribution >= 0.6 is 0 Å². The molecular weight excluding hydrogens is 196 g/mol. The first-order valence-corrected chi connectivity index (χ1v) is 4.61. The number of carbonyl (C=O) groups is 1. The molecule has 0 aromatic carbocycles. The van der Waals surface area contributed by atoms with E-state index in [9.17, 15) is 14.4 Å². The zero-order chi connectivity index (χ0) is 11.8. The van der Waals surface area contributed by atoms with E-state index in [4.69, 9.17) is 0 Å². The minimum absolute atomic E-state index is 0.340. The Morgan fingerprint density at radius 3 is 2.33 bits per heavy atom. The summed E-state index contributed by atoms with van der Waals surface area (Å²) in [5.74, 6) is -0.502. The first-order chi connectivity index (χ1) is 6.75. The molecule has 15 heavy (non-hydrogen) atoms. The Morgan fingerprint density at radius 1 is 1.33 bits per heavy atom. The smallest absolute Gasteiger partial charge is 0.313 e. The van der Waals surface area contributed by atoms with Crippen molar-refractivity contribution in [1.82, 2.24) is 9.55 Å². The number of aryl methyl sites for hydroxylation is 1. The van der Waals surface area contributed by atoms with Gasteiger partial charge in [0.15, 0.2) is 0 Å². The zero-order valence-corrected chi connectivity index (χ0v) is 9.25. The molecule has 0 saturated heterocycles. The molecule has 1 N–H and O–H groups in total. The van der Waals surface area contributed by atoms with Crippen LogP contribution in [-0.2, 0) is 0 Å². The molecule has 0 aliphatic rings. The SMILES string of the molecule is Cc1c[nH]c(=O)n(C(=O)C(C)(C)C)c1=O. The lowest BCUT2D eigenvalue weighted by Gasteiger charge is -2.16. The Balaban J connectivity index is 3.52. The molecule has 0 radical (unpaired) electrons. The summed E-state index contributed by atoms with van der Waals surface area (Å²) >= 11 is 0. The van der Waals surface area contributed by atoms with Gasteiger partial charge in [-0.05, 0) is 6.92 Å². The number of nitrogens with zero attached hydrogens (tertiary/aromatic N) is 1. The number of aromatic amines is 1. The summed E-state index contributed by atoms with van der Waals surface area (Å²) in [5, 5.41) is 0. The van der Waals surface area contributed by atoms with Gasteiger partial charge in [0.25, 0.3) is 5.56 Å². The second-order valence-corrected chi connectivity index (χ2v) is 4.47. The summed E-state index contributed by atoms with van der Waals surface area (Å²) in [7, 11) is 0. The molecule has 82 valence electrons. The van der Waals surface area contributed by atoms with Crippen molar-refractivity contribution in [2.24, 2.45) is 5.41 Å². The van der Waals surface area contributed by atoms with Crippen molar-refractivity contribution in [3.8, 4) is 0 Å². The lowest BCUT2D eigenvalue weighted by atomic mass is 9.95. The number of nitrogens with one attached hydrogen (secondary N) is 1. The molecule has 5 heteroatoms. The van der Waals surface area contributed by atoms with Crippen LogP contribution in [0, 0.1) is 12.3 Å². The Labute approximate surface area is 86.8 Å². The van der Waals surface area contributed by atoms with Crippen molar-refractivity contribution in [1.29, 1.82) is 0 Å². The summed E-state index contributed by atoms with van der Waals surface area (Å²) in [5.41, 5.74) is -1.67. The third-order valence-corrected chi connectivity index (χ3v) is 2.00. The molecule has 0 aliphatic heterocycles. The molecule has 0 bridgehead atoms. The van der Waals surface area contributed by atoms with Gasteiger partial charge in [0, 0.05) is 17.2 Å². The van der Waals surface area contributed by atoms with Crippen molar-refractivity contribution in [2.75, 3.05) is 0 Å². The topological polar surface area (TPSA) is 71.9 Å². The zero-order valence-electron chi connectivity index (χ0n) is 9.25. The molecule has 0 amide bonds. The van der Waals surface area contributed by atoms with E-state index in [1.54, 1.807) is 27.7 Å². The van der Waals surface area contributed by atoms with Gasteiger partial charge in [-0.2, -0.15) is 4.57 Å². The molecule has 5 nitrogen and oxygen atoms in total. The van der Waals surface area contributed by atoms with Crippen LogP contribution in [0.2, 0.25) is 0 Å². The normalized spacial score (nSPS) is 11.5. The van der Waals surface area contributed by atoms with Crippen LogP contribution in [0.4, 0.5) is 0 Å². The van der Waals surface area contributed by atoms with E-state index in [0.717, 1.165) is 0 Å². The van der Waals surface area contributed by atoms with E-state index < -0.39 is 22.6 Å². The maximum atomic E-state index is 11.8. The number of hydrogen-bond acceptors (Lipinski definition) is 3. The van der Waals surface area contributed by atoms with E-state index in [0.29, 0.717) is 10.1 Å².